The lowest BCUT2D eigenvalue weighted by Crippen LogP contribution is -2.32. The van der Waals surface area contributed by atoms with Crippen LogP contribution in [0.25, 0.3) is 17.0 Å². The SMILES string of the molecule is O=C1C=c2c(ccc3cccnc23)=NC1. The molecule has 0 bridgehead atoms. The van der Waals surface area contributed by atoms with Crippen LogP contribution in [0.3, 0.4) is 0 Å². The van der Waals surface area contributed by atoms with E-state index in [1.54, 1.807) is 12.3 Å². The van der Waals surface area contributed by atoms with Gasteiger partial charge in [-0.1, -0.05) is 12.1 Å². The minimum atomic E-state index is 0.0423. The summed E-state index contributed by atoms with van der Waals surface area (Å²) in [5.74, 6) is 0.0423. The molecule has 0 saturated carbocycles. The summed E-state index contributed by atoms with van der Waals surface area (Å²) >= 11 is 0. The number of hydrogen-bond acceptors (Lipinski definition) is 3. The van der Waals surface area contributed by atoms with E-state index in [0.29, 0.717) is 0 Å². The number of nitrogens with zero attached hydrogens (tertiary/aromatic N) is 2. The Kier molecular flexibility index (Phi) is 1.65. The number of carbonyl (C=O) groups excluding carboxylic acids is 1. The van der Waals surface area contributed by atoms with Crippen molar-refractivity contribution in [3.05, 3.63) is 41.0 Å². The average Bonchev–Trinajstić information content (AvgIpc) is 2.29. The van der Waals surface area contributed by atoms with Crippen molar-refractivity contribution in [2.45, 2.75) is 0 Å². The van der Waals surface area contributed by atoms with E-state index in [0.717, 1.165) is 21.5 Å². The molecule has 0 unspecified atom stereocenters. The molecule has 3 nitrogen and oxygen atoms in total. The van der Waals surface area contributed by atoms with Gasteiger partial charge in [0.25, 0.3) is 0 Å². The summed E-state index contributed by atoms with van der Waals surface area (Å²) < 4.78 is 0. The topological polar surface area (TPSA) is 42.3 Å². The molecule has 0 spiro atoms. The molecule has 0 amide bonds. The molecule has 2 heterocycles. The van der Waals surface area contributed by atoms with Gasteiger partial charge in [0.15, 0.2) is 5.78 Å². The van der Waals surface area contributed by atoms with Crippen molar-refractivity contribution < 1.29 is 4.79 Å². The van der Waals surface area contributed by atoms with Gasteiger partial charge >= 0.3 is 0 Å². The van der Waals surface area contributed by atoms with E-state index in [2.05, 4.69) is 9.98 Å². The summed E-state index contributed by atoms with van der Waals surface area (Å²) in [6, 6.07) is 7.78. The second-order valence-electron chi connectivity index (χ2n) is 3.50. The first-order valence-corrected chi connectivity index (χ1v) is 4.77. The number of benzene rings is 1. The van der Waals surface area contributed by atoms with Crippen LogP contribution in [0.2, 0.25) is 0 Å². The van der Waals surface area contributed by atoms with Crippen LogP contribution in [0.4, 0.5) is 0 Å². The number of carbonyl (C=O) groups is 1. The highest BCUT2D eigenvalue weighted by Gasteiger charge is 2.05. The Morgan fingerprint density at radius 3 is 3.07 bits per heavy atom. The summed E-state index contributed by atoms with van der Waals surface area (Å²) in [4.78, 5) is 19.8. The Bertz CT molecular complexity index is 674. The first-order chi connectivity index (χ1) is 7.34. The lowest BCUT2D eigenvalue weighted by atomic mass is 10.1. The number of hydrogen-bond donors (Lipinski definition) is 0. The predicted octanol–water partition coefficient (Wildman–Crippen LogP) is 0.218. The molecule has 3 heteroatoms. The fourth-order valence-electron chi connectivity index (χ4n) is 1.81. The Labute approximate surface area is 85.8 Å². The van der Waals surface area contributed by atoms with Crippen LogP contribution < -0.4 is 10.6 Å². The van der Waals surface area contributed by atoms with Crippen molar-refractivity contribution in [1.29, 1.82) is 0 Å². The van der Waals surface area contributed by atoms with Gasteiger partial charge in [-0.25, -0.2) is 0 Å². The van der Waals surface area contributed by atoms with Gasteiger partial charge in [0.05, 0.1) is 10.9 Å². The highest BCUT2D eigenvalue weighted by atomic mass is 16.1. The summed E-state index contributed by atoms with van der Waals surface area (Å²) in [5, 5.41) is 2.75. The fraction of sp³-hybridized carbons (Fsp3) is 0.0833. The molecular weight excluding hydrogens is 188 g/mol. The lowest BCUT2D eigenvalue weighted by molar-refractivity contribution is -0.112. The van der Waals surface area contributed by atoms with Gasteiger partial charge in [-0.05, 0) is 18.2 Å². The summed E-state index contributed by atoms with van der Waals surface area (Å²) in [6.45, 7) is 0.255. The number of pyridine rings is 1. The van der Waals surface area contributed by atoms with Crippen molar-refractivity contribution in [2.24, 2.45) is 4.99 Å². The van der Waals surface area contributed by atoms with E-state index < -0.39 is 0 Å². The number of Topliss-reactive ketones (excluding diaryl/α,β-unsaturated/α-hetero) is 1. The second-order valence-corrected chi connectivity index (χ2v) is 3.50. The molecular formula is C12H8N2O. The molecule has 3 rings (SSSR count). The number of ketones is 1. The smallest absolute Gasteiger partial charge is 0.177 e. The highest BCUT2D eigenvalue weighted by Crippen LogP contribution is 2.03. The standard InChI is InChI=1S/C12H8N2O/c15-9-6-10-11(14-7-9)4-3-8-2-1-5-13-12(8)10/h1-6H,7H2. The molecule has 1 aromatic carbocycles. The van der Waals surface area contributed by atoms with Crippen molar-refractivity contribution in [2.75, 3.05) is 6.54 Å². The van der Waals surface area contributed by atoms with Crippen LogP contribution >= 0.6 is 0 Å². The third kappa shape index (κ3) is 1.24. The predicted molar refractivity (Wildman–Crippen MR) is 56.9 cm³/mol. The molecule has 0 atom stereocenters. The van der Waals surface area contributed by atoms with E-state index in [-0.39, 0.29) is 12.3 Å². The molecule has 0 N–H and O–H groups in total. The van der Waals surface area contributed by atoms with Crippen LogP contribution in [-0.2, 0) is 4.79 Å². The van der Waals surface area contributed by atoms with Gasteiger partial charge in [0.1, 0.15) is 6.54 Å². The normalized spacial score (nSPS) is 14.3. The number of fused-ring (bicyclic) bond motifs is 3. The van der Waals surface area contributed by atoms with Gasteiger partial charge in [0, 0.05) is 16.8 Å². The first kappa shape index (κ1) is 8.29. The summed E-state index contributed by atoms with van der Waals surface area (Å²) in [5.41, 5.74) is 0.854. The van der Waals surface area contributed by atoms with Gasteiger partial charge < -0.3 is 0 Å². The lowest BCUT2D eigenvalue weighted by Gasteiger charge is -2.02. The molecule has 72 valence electrons. The largest absolute Gasteiger partial charge is 0.293 e. The molecule has 0 aliphatic carbocycles. The van der Waals surface area contributed by atoms with Crippen molar-refractivity contribution in [1.82, 2.24) is 4.98 Å². The monoisotopic (exact) mass is 196 g/mol. The molecule has 0 fully saturated rings. The van der Waals surface area contributed by atoms with Gasteiger partial charge in [-0.2, -0.15) is 0 Å². The maximum atomic E-state index is 11.3. The Hall–Kier alpha value is -2.03. The Morgan fingerprint density at radius 1 is 1.20 bits per heavy atom. The molecule has 0 saturated heterocycles. The van der Waals surface area contributed by atoms with Crippen molar-refractivity contribution in [3.63, 3.8) is 0 Å². The Morgan fingerprint density at radius 2 is 2.13 bits per heavy atom. The average molecular weight is 196 g/mol. The zero-order chi connectivity index (χ0) is 10.3. The van der Waals surface area contributed by atoms with Crippen molar-refractivity contribution >= 4 is 22.8 Å². The van der Waals surface area contributed by atoms with Crippen LogP contribution in [0.5, 0.6) is 0 Å². The third-order valence-corrected chi connectivity index (χ3v) is 2.50. The zero-order valence-corrected chi connectivity index (χ0v) is 7.97. The van der Waals surface area contributed by atoms with Gasteiger partial charge in [0.2, 0.25) is 0 Å². The minimum absolute atomic E-state index is 0.0423. The van der Waals surface area contributed by atoms with Gasteiger partial charge in [-0.3, -0.25) is 14.8 Å². The van der Waals surface area contributed by atoms with Gasteiger partial charge in [-0.15, -0.1) is 0 Å². The molecule has 1 aromatic heterocycles. The maximum absolute atomic E-state index is 11.3. The number of aromatic nitrogens is 1. The van der Waals surface area contributed by atoms with Crippen LogP contribution in [0.1, 0.15) is 0 Å². The van der Waals surface area contributed by atoms with E-state index in [1.807, 2.05) is 24.3 Å². The fourth-order valence-corrected chi connectivity index (χ4v) is 1.81. The van der Waals surface area contributed by atoms with Crippen LogP contribution in [0.15, 0.2) is 35.5 Å². The Balaban J connectivity index is 2.59. The van der Waals surface area contributed by atoms with E-state index in [9.17, 15) is 4.79 Å². The number of rotatable bonds is 0. The van der Waals surface area contributed by atoms with E-state index in [4.69, 9.17) is 0 Å². The highest BCUT2D eigenvalue weighted by molar-refractivity contribution is 6.09. The maximum Gasteiger partial charge on any atom is 0.177 e. The van der Waals surface area contributed by atoms with Crippen molar-refractivity contribution in [3.8, 4) is 0 Å². The molecule has 1 aliphatic rings. The summed E-state index contributed by atoms with van der Waals surface area (Å²) in [6.07, 6.45) is 3.37. The second kappa shape index (κ2) is 2.98. The minimum Gasteiger partial charge on any atom is -0.293 e. The van der Waals surface area contributed by atoms with Crippen LogP contribution in [0, 0.1) is 0 Å². The first-order valence-electron chi connectivity index (χ1n) is 4.77. The molecule has 1 aliphatic heterocycles. The van der Waals surface area contributed by atoms with E-state index in [1.165, 1.54) is 0 Å². The third-order valence-electron chi connectivity index (χ3n) is 2.50. The van der Waals surface area contributed by atoms with Crippen LogP contribution in [-0.4, -0.2) is 17.3 Å². The molecule has 0 radical (unpaired) electrons. The quantitative estimate of drug-likeness (QED) is 0.604. The molecule has 15 heavy (non-hydrogen) atoms. The van der Waals surface area contributed by atoms with E-state index >= 15 is 0 Å². The summed E-state index contributed by atoms with van der Waals surface area (Å²) in [7, 11) is 0. The molecule has 2 aromatic rings. The zero-order valence-electron chi connectivity index (χ0n) is 7.97.